The molecule has 0 N–H and O–H groups in total. The van der Waals surface area contributed by atoms with Crippen molar-refractivity contribution >= 4 is 43.8 Å². The molecule has 0 radical (unpaired) electrons. The maximum absolute atomic E-state index is 6.04. The molecular formula is C14H7BrClN5S. The van der Waals surface area contributed by atoms with Crippen LogP contribution in [0.2, 0.25) is 5.02 Å². The van der Waals surface area contributed by atoms with Crippen LogP contribution in [0.15, 0.2) is 47.2 Å². The van der Waals surface area contributed by atoms with Gasteiger partial charge < -0.3 is 0 Å². The molecule has 3 aromatic heterocycles. The number of rotatable bonds is 2. The van der Waals surface area contributed by atoms with Crippen molar-refractivity contribution in [3.8, 4) is 22.0 Å². The second kappa shape index (κ2) is 5.42. The quantitative estimate of drug-likeness (QED) is 0.509. The SMILES string of the molecule is Clc1cccc(-c2nn3c(-c4cncc(Br)c4)nnc3s2)c1. The molecule has 5 nitrogen and oxygen atoms in total. The number of nitrogens with zero attached hydrogens (tertiary/aromatic N) is 5. The first kappa shape index (κ1) is 13.8. The molecule has 4 rings (SSSR count). The Kier molecular flexibility index (Phi) is 3.40. The molecule has 0 spiro atoms. The summed E-state index contributed by atoms with van der Waals surface area (Å²) in [6.07, 6.45) is 3.46. The second-order valence-corrected chi connectivity index (χ2v) is 6.84. The van der Waals surface area contributed by atoms with Gasteiger partial charge in [-0.25, -0.2) is 0 Å². The number of fused-ring (bicyclic) bond motifs is 1. The van der Waals surface area contributed by atoms with Gasteiger partial charge in [-0.15, -0.1) is 10.2 Å². The van der Waals surface area contributed by atoms with Crippen molar-refractivity contribution < 1.29 is 0 Å². The Bertz CT molecular complexity index is 980. The van der Waals surface area contributed by atoms with E-state index in [9.17, 15) is 0 Å². The summed E-state index contributed by atoms with van der Waals surface area (Å²) < 4.78 is 2.61. The predicted octanol–water partition coefficient (Wildman–Crippen LogP) is 4.33. The van der Waals surface area contributed by atoms with Crippen molar-refractivity contribution in [2.24, 2.45) is 0 Å². The third kappa shape index (κ3) is 2.41. The van der Waals surface area contributed by atoms with E-state index in [2.05, 4.69) is 36.2 Å². The van der Waals surface area contributed by atoms with Crippen LogP contribution in [0, 0.1) is 0 Å². The molecule has 4 aromatic rings. The smallest absolute Gasteiger partial charge is 0.235 e. The fourth-order valence-electron chi connectivity index (χ4n) is 2.07. The lowest BCUT2D eigenvalue weighted by Crippen LogP contribution is -1.91. The summed E-state index contributed by atoms with van der Waals surface area (Å²) >= 11 is 10.9. The van der Waals surface area contributed by atoms with Crippen LogP contribution in [0.4, 0.5) is 0 Å². The van der Waals surface area contributed by atoms with E-state index in [1.54, 1.807) is 16.9 Å². The zero-order valence-corrected chi connectivity index (χ0v) is 14.1. The summed E-state index contributed by atoms with van der Waals surface area (Å²) in [7, 11) is 0. The molecule has 8 heteroatoms. The minimum absolute atomic E-state index is 0.660. The molecule has 0 unspecified atom stereocenters. The van der Waals surface area contributed by atoms with Gasteiger partial charge in [0.1, 0.15) is 5.01 Å². The van der Waals surface area contributed by atoms with Gasteiger partial charge in [0.05, 0.1) is 0 Å². The first-order valence-electron chi connectivity index (χ1n) is 6.30. The number of benzene rings is 1. The summed E-state index contributed by atoms with van der Waals surface area (Å²) in [5, 5.41) is 14.5. The molecule has 22 heavy (non-hydrogen) atoms. The fourth-order valence-corrected chi connectivity index (χ4v) is 3.46. The van der Waals surface area contributed by atoms with Gasteiger partial charge in [-0.05, 0) is 34.1 Å². The molecule has 108 valence electrons. The predicted molar refractivity (Wildman–Crippen MR) is 90.0 cm³/mol. The first-order chi connectivity index (χ1) is 10.7. The van der Waals surface area contributed by atoms with Gasteiger partial charge in [-0.2, -0.15) is 9.61 Å². The van der Waals surface area contributed by atoms with E-state index < -0.39 is 0 Å². The molecule has 0 fully saturated rings. The van der Waals surface area contributed by atoms with Crippen LogP contribution >= 0.6 is 38.9 Å². The van der Waals surface area contributed by atoms with E-state index in [1.165, 1.54) is 11.3 Å². The minimum atomic E-state index is 0.660. The van der Waals surface area contributed by atoms with Crippen LogP contribution in [0.3, 0.4) is 0 Å². The van der Waals surface area contributed by atoms with Crippen LogP contribution in [0.5, 0.6) is 0 Å². The maximum atomic E-state index is 6.04. The average molecular weight is 393 g/mol. The summed E-state index contributed by atoms with van der Waals surface area (Å²) in [6.45, 7) is 0. The largest absolute Gasteiger partial charge is 0.263 e. The minimum Gasteiger partial charge on any atom is -0.263 e. The number of hydrogen-bond donors (Lipinski definition) is 0. The summed E-state index contributed by atoms with van der Waals surface area (Å²) in [5.41, 5.74) is 1.81. The topological polar surface area (TPSA) is 56.0 Å². The van der Waals surface area contributed by atoms with E-state index in [-0.39, 0.29) is 0 Å². The highest BCUT2D eigenvalue weighted by molar-refractivity contribution is 9.10. The fraction of sp³-hybridized carbons (Fsp3) is 0. The third-order valence-corrected chi connectivity index (χ3v) is 4.64. The maximum Gasteiger partial charge on any atom is 0.235 e. The molecule has 0 aliphatic carbocycles. The van der Waals surface area contributed by atoms with Crippen LogP contribution < -0.4 is 0 Å². The lowest BCUT2D eigenvalue weighted by atomic mass is 10.2. The van der Waals surface area contributed by atoms with E-state index in [1.807, 2.05) is 30.3 Å². The van der Waals surface area contributed by atoms with Crippen LogP contribution in [-0.4, -0.2) is 24.8 Å². The van der Waals surface area contributed by atoms with Crippen molar-refractivity contribution in [2.45, 2.75) is 0 Å². The van der Waals surface area contributed by atoms with Gasteiger partial charge in [0.15, 0.2) is 5.82 Å². The van der Waals surface area contributed by atoms with E-state index >= 15 is 0 Å². The molecule has 0 aliphatic rings. The van der Waals surface area contributed by atoms with Gasteiger partial charge in [0, 0.05) is 33.0 Å². The lowest BCUT2D eigenvalue weighted by molar-refractivity contribution is 0.968. The standard InChI is InChI=1S/C14H7BrClN5S/c15-10-4-9(6-17-7-10)12-18-19-14-21(12)20-13(22-14)8-2-1-3-11(16)5-8/h1-7H. The monoisotopic (exact) mass is 391 g/mol. The highest BCUT2D eigenvalue weighted by atomic mass is 79.9. The second-order valence-electron chi connectivity index (χ2n) is 4.53. The summed E-state index contributed by atoms with van der Waals surface area (Å²) in [5.74, 6) is 0.660. The summed E-state index contributed by atoms with van der Waals surface area (Å²) in [4.78, 5) is 4.88. The van der Waals surface area contributed by atoms with Crippen LogP contribution in [-0.2, 0) is 0 Å². The third-order valence-electron chi connectivity index (χ3n) is 3.03. The highest BCUT2D eigenvalue weighted by Crippen LogP contribution is 2.29. The van der Waals surface area contributed by atoms with Crippen molar-refractivity contribution in [1.82, 2.24) is 24.8 Å². The molecule has 3 heterocycles. The van der Waals surface area contributed by atoms with Crippen molar-refractivity contribution in [2.75, 3.05) is 0 Å². The van der Waals surface area contributed by atoms with Gasteiger partial charge in [-0.3, -0.25) is 4.98 Å². The Morgan fingerprint density at radius 1 is 1.09 bits per heavy atom. The Balaban J connectivity index is 1.86. The molecule has 0 saturated heterocycles. The molecule has 0 atom stereocenters. The molecule has 0 saturated carbocycles. The Morgan fingerprint density at radius 3 is 2.82 bits per heavy atom. The number of aromatic nitrogens is 5. The lowest BCUT2D eigenvalue weighted by Gasteiger charge is -1.98. The van der Waals surface area contributed by atoms with Crippen LogP contribution in [0.1, 0.15) is 0 Å². The molecule has 0 amide bonds. The molecular weight excluding hydrogens is 386 g/mol. The number of hydrogen-bond acceptors (Lipinski definition) is 5. The zero-order chi connectivity index (χ0) is 15.1. The van der Waals surface area contributed by atoms with E-state index in [0.29, 0.717) is 10.8 Å². The Morgan fingerprint density at radius 2 is 2.00 bits per heavy atom. The zero-order valence-electron chi connectivity index (χ0n) is 10.9. The average Bonchev–Trinajstić information content (AvgIpc) is 3.07. The molecule has 0 aliphatic heterocycles. The molecule has 0 bridgehead atoms. The number of pyridine rings is 1. The van der Waals surface area contributed by atoms with Gasteiger partial charge >= 0.3 is 0 Å². The first-order valence-corrected chi connectivity index (χ1v) is 8.28. The van der Waals surface area contributed by atoms with Gasteiger partial charge in [-0.1, -0.05) is 35.1 Å². The van der Waals surface area contributed by atoms with Crippen molar-refractivity contribution in [3.05, 3.63) is 52.2 Å². The number of halogens is 2. The normalized spacial score (nSPS) is 11.2. The van der Waals surface area contributed by atoms with Crippen molar-refractivity contribution in [3.63, 3.8) is 0 Å². The van der Waals surface area contributed by atoms with Gasteiger partial charge in [0.25, 0.3) is 0 Å². The van der Waals surface area contributed by atoms with E-state index in [4.69, 9.17) is 11.6 Å². The van der Waals surface area contributed by atoms with Crippen molar-refractivity contribution in [1.29, 1.82) is 0 Å². The summed E-state index contributed by atoms with van der Waals surface area (Å²) in [6, 6.07) is 9.52. The Hall–Kier alpha value is -1.83. The highest BCUT2D eigenvalue weighted by Gasteiger charge is 2.15. The van der Waals surface area contributed by atoms with E-state index in [0.717, 1.165) is 25.6 Å². The van der Waals surface area contributed by atoms with Gasteiger partial charge in [0.2, 0.25) is 4.96 Å². The molecule has 1 aromatic carbocycles. The van der Waals surface area contributed by atoms with Crippen LogP contribution in [0.25, 0.3) is 26.9 Å². The Labute approximate surface area is 142 Å².